The van der Waals surface area contributed by atoms with Gasteiger partial charge < -0.3 is 20.4 Å². The molecule has 1 unspecified atom stereocenters. The Kier molecular flexibility index (Phi) is 9.55. The molecule has 2 N–H and O–H groups in total. The molecule has 0 spiro atoms. The number of piperidine rings is 1. The van der Waals surface area contributed by atoms with Gasteiger partial charge >= 0.3 is 6.43 Å². The van der Waals surface area contributed by atoms with Crippen LogP contribution in [-0.2, 0) is 15.0 Å². The predicted molar refractivity (Wildman–Crippen MR) is 129 cm³/mol. The molecule has 3 rings (SSSR count). The highest BCUT2D eigenvalue weighted by molar-refractivity contribution is 6.09. The lowest BCUT2D eigenvalue weighted by atomic mass is 9.86. The average Bonchev–Trinajstić information content (AvgIpc) is 3.00. The van der Waals surface area contributed by atoms with Crippen LogP contribution in [-0.4, -0.2) is 67.3 Å². The predicted octanol–water partition coefficient (Wildman–Crippen LogP) is 3.32. The van der Waals surface area contributed by atoms with Crippen LogP contribution in [0.2, 0.25) is 0 Å². The van der Waals surface area contributed by atoms with Crippen LogP contribution in [0.15, 0.2) is 18.2 Å². The van der Waals surface area contributed by atoms with Crippen LogP contribution in [0.4, 0.5) is 14.5 Å². The number of amides is 3. The highest BCUT2D eigenvalue weighted by Crippen LogP contribution is 2.42. The van der Waals surface area contributed by atoms with Crippen LogP contribution in [0.3, 0.4) is 0 Å². The van der Waals surface area contributed by atoms with Crippen LogP contribution in [0.25, 0.3) is 0 Å². The van der Waals surface area contributed by atoms with Crippen molar-refractivity contribution in [3.8, 4) is 0 Å². The van der Waals surface area contributed by atoms with Gasteiger partial charge in [0.15, 0.2) is 0 Å². The molecule has 9 heteroatoms. The number of anilines is 1. The van der Waals surface area contributed by atoms with Crippen LogP contribution in [0.5, 0.6) is 0 Å². The van der Waals surface area contributed by atoms with E-state index in [9.17, 15) is 23.2 Å². The number of rotatable bonds is 7. The lowest BCUT2D eigenvalue weighted by molar-refractivity contribution is -0.131. The molecule has 0 radical (unpaired) electrons. The number of nitrogens with one attached hydrogen (secondary N) is 2. The van der Waals surface area contributed by atoms with E-state index in [2.05, 4.69) is 10.6 Å². The van der Waals surface area contributed by atoms with E-state index in [1.165, 1.54) is 4.90 Å². The summed E-state index contributed by atoms with van der Waals surface area (Å²) in [7, 11) is 0. The number of carbonyl (C=O) groups excluding carboxylic acids is 3. The quantitative estimate of drug-likeness (QED) is 0.627. The fourth-order valence-electron chi connectivity index (χ4n) is 4.61. The minimum atomic E-state index is -3.10. The van der Waals surface area contributed by atoms with Crippen molar-refractivity contribution in [1.82, 2.24) is 15.5 Å². The van der Waals surface area contributed by atoms with Gasteiger partial charge in [0.05, 0.1) is 5.41 Å². The lowest BCUT2D eigenvalue weighted by Gasteiger charge is -2.37. The number of hydrogen-bond acceptors (Lipinski definition) is 4. The van der Waals surface area contributed by atoms with E-state index >= 15 is 0 Å². The minimum absolute atomic E-state index is 0.0133. The Balaban J connectivity index is 0.00000199. The Morgan fingerprint density at radius 1 is 1.26 bits per heavy atom. The molecule has 34 heavy (non-hydrogen) atoms. The SMILES string of the molecule is CC.CC(C)N(C(=O)c1ccc2c(c1)N(CCNC(=O)C(F)F)C(=O)C2(C)C)C1CCCNC1. The van der Waals surface area contributed by atoms with Crippen molar-refractivity contribution in [2.24, 2.45) is 0 Å². The van der Waals surface area contributed by atoms with Gasteiger partial charge in [-0.05, 0) is 64.8 Å². The number of halogens is 2. The first kappa shape index (κ1) is 27.7. The van der Waals surface area contributed by atoms with E-state index in [-0.39, 0.29) is 37.0 Å². The molecule has 1 atom stereocenters. The molecule has 0 aromatic heterocycles. The molecule has 2 heterocycles. The first-order chi connectivity index (χ1) is 16.1. The Morgan fingerprint density at radius 2 is 1.94 bits per heavy atom. The molecular weight excluding hydrogens is 442 g/mol. The van der Waals surface area contributed by atoms with Gasteiger partial charge in [-0.3, -0.25) is 14.4 Å². The third-order valence-corrected chi connectivity index (χ3v) is 6.28. The van der Waals surface area contributed by atoms with Crippen molar-refractivity contribution in [3.05, 3.63) is 29.3 Å². The van der Waals surface area contributed by atoms with Gasteiger partial charge in [0.1, 0.15) is 0 Å². The van der Waals surface area contributed by atoms with Crippen molar-refractivity contribution in [2.45, 2.75) is 78.3 Å². The summed E-state index contributed by atoms with van der Waals surface area (Å²) in [6, 6.07) is 5.38. The maximum atomic E-state index is 13.5. The van der Waals surface area contributed by atoms with E-state index in [1.54, 1.807) is 32.0 Å². The van der Waals surface area contributed by atoms with Crippen LogP contribution in [0.1, 0.15) is 70.3 Å². The summed E-state index contributed by atoms with van der Waals surface area (Å²) in [5.74, 6) is -1.66. The largest absolute Gasteiger partial charge is 0.349 e. The van der Waals surface area contributed by atoms with Crippen molar-refractivity contribution < 1.29 is 23.2 Å². The Hall–Kier alpha value is -2.55. The van der Waals surface area contributed by atoms with E-state index in [4.69, 9.17) is 0 Å². The molecule has 1 saturated heterocycles. The maximum Gasteiger partial charge on any atom is 0.315 e. The van der Waals surface area contributed by atoms with E-state index in [1.807, 2.05) is 32.6 Å². The van der Waals surface area contributed by atoms with Gasteiger partial charge in [0.2, 0.25) is 5.91 Å². The molecule has 7 nitrogen and oxygen atoms in total. The molecule has 1 aromatic carbocycles. The van der Waals surface area contributed by atoms with E-state index < -0.39 is 17.7 Å². The molecule has 2 aliphatic heterocycles. The van der Waals surface area contributed by atoms with Gasteiger partial charge in [-0.1, -0.05) is 19.9 Å². The van der Waals surface area contributed by atoms with Gasteiger partial charge in [-0.25, -0.2) is 0 Å². The molecule has 3 amide bonds. The highest BCUT2D eigenvalue weighted by atomic mass is 19.3. The number of fused-ring (bicyclic) bond motifs is 1. The number of carbonyl (C=O) groups is 3. The summed E-state index contributed by atoms with van der Waals surface area (Å²) in [6.07, 6.45) is -1.16. The summed E-state index contributed by atoms with van der Waals surface area (Å²) >= 11 is 0. The van der Waals surface area contributed by atoms with Crippen LogP contribution < -0.4 is 15.5 Å². The van der Waals surface area contributed by atoms with E-state index in [0.717, 1.165) is 31.5 Å². The third kappa shape index (κ3) is 5.74. The molecule has 2 aliphatic rings. The fraction of sp³-hybridized carbons (Fsp3) is 0.640. The summed E-state index contributed by atoms with van der Waals surface area (Å²) < 4.78 is 24.9. The minimum Gasteiger partial charge on any atom is -0.349 e. The zero-order chi connectivity index (χ0) is 25.6. The summed E-state index contributed by atoms with van der Waals surface area (Å²) in [5.41, 5.74) is 1.03. The Bertz CT molecular complexity index is 883. The molecule has 1 aromatic rings. The molecule has 0 bridgehead atoms. The molecule has 0 aliphatic carbocycles. The van der Waals surface area contributed by atoms with E-state index in [0.29, 0.717) is 11.3 Å². The van der Waals surface area contributed by atoms with Crippen molar-refractivity contribution in [2.75, 3.05) is 31.1 Å². The van der Waals surface area contributed by atoms with Crippen LogP contribution >= 0.6 is 0 Å². The highest BCUT2D eigenvalue weighted by Gasteiger charge is 2.44. The number of alkyl halides is 2. The first-order valence-electron chi connectivity index (χ1n) is 12.1. The molecule has 190 valence electrons. The van der Waals surface area contributed by atoms with Gasteiger partial charge in [0, 0.05) is 43.0 Å². The zero-order valence-electron chi connectivity index (χ0n) is 21.1. The summed E-state index contributed by atoms with van der Waals surface area (Å²) in [5, 5.41) is 5.48. The molecule has 0 saturated carbocycles. The molecular formula is C25H38F2N4O3. The van der Waals surface area contributed by atoms with Crippen molar-refractivity contribution in [3.63, 3.8) is 0 Å². The smallest absolute Gasteiger partial charge is 0.315 e. The normalized spacial score (nSPS) is 18.9. The zero-order valence-corrected chi connectivity index (χ0v) is 21.1. The summed E-state index contributed by atoms with van der Waals surface area (Å²) in [4.78, 5) is 41.0. The second-order valence-electron chi connectivity index (χ2n) is 9.21. The van der Waals surface area contributed by atoms with Gasteiger partial charge in [0.25, 0.3) is 11.8 Å². The van der Waals surface area contributed by atoms with Crippen molar-refractivity contribution >= 4 is 23.4 Å². The van der Waals surface area contributed by atoms with Crippen molar-refractivity contribution in [1.29, 1.82) is 0 Å². The number of hydrogen-bond donors (Lipinski definition) is 2. The topological polar surface area (TPSA) is 81.8 Å². The number of nitrogens with zero attached hydrogens (tertiary/aromatic N) is 2. The average molecular weight is 481 g/mol. The second-order valence-corrected chi connectivity index (χ2v) is 9.21. The monoisotopic (exact) mass is 480 g/mol. The Labute approximate surface area is 201 Å². The standard InChI is InChI=1S/C23H32F2N4O3.C2H6/c1-14(2)29(16-6-5-9-26-13-16)21(31)15-7-8-17-18(12-15)28(22(32)23(17,3)4)11-10-27-20(30)19(24)25;1-2/h7-8,12,14,16,19,26H,5-6,9-11,13H2,1-4H3,(H,27,30);1-2H3. The Morgan fingerprint density at radius 3 is 2.50 bits per heavy atom. The number of benzene rings is 1. The lowest BCUT2D eigenvalue weighted by Crippen LogP contribution is -2.51. The van der Waals surface area contributed by atoms with Gasteiger partial charge in [-0.2, -0.15) is 8.78 Å². The maximum absolute atomic E-state index is 13.5. The second kappa shape index (κ2) is 11.7. The first-order valence-corrected chi connectivity index (χ1v) is 12.1. The van der Waals surface area contributed by atoms with Crippen LogP contribution in [0, 0.1) is 0 Å². The molecule has 1 fully saturated rings. The third-order valence-electron chi connectivity index (χ3n) is 6.28. The summed E-state index contributed by atoms with van der Waals surface area (Å²) in [6.45, 7) is 13.2. The van der Waals surface area contributed by atoms with Gasteiger partial charge in [-0.15, -0.1) is 0 Å². The fourth-order valence-corrected chi connectivity index (χ4v) is 4.61.